The summed E-state index contributed by atoms with van der Waals surface area (Å²) in [4.78, 5) is 27.7. The summed E-state index contributed by atoms with van der Waals surface area (Å²) in [6, 6.07) is 7.71. The Morgan fingerprint density at radius 1 is 1.28 bits per heavy atom. The van der Waals surface area contributed by atoms with Gasteiger partial charge in [-0.05, 0) is 39.3 Å². The van der Waals surface area contributed by atoms with Gasteiger partial charge in [0.05, 0.1) is 6.04 Å². The number of hydrogen-bond donors (Lipinski definition) is 1. The summed E-state index contributed by atoms with van der Waals surface area (Å²) >= 11 is 0. The van der Waals surface area contributed by atoms with Crippen LogP contribution in [0.15, 0.2) is 30.5 Å². The highest BCUT2D eigenvalue weighted by atomic mass is 16.2. The van der Waals surface area contributed by atoms with Crippen molar-refractivity contribution in [3.8, 4) is 11.5 Å². The Hall–Kier alpha value is -2.50. The van der Waals surface area contributed by atoms with E-state index in [1.807, 2.05) is 29.2 Å². The van der Waals surface area contributed by atoms with Crippen molar-refractivity contribution in [2.75, 3.05) is 11.9 Å². The second-order valence-electron chi connectivity index (χ2n) is 7.36. The standard InChI is InChI=1S/C19H25N5O/c1-5-13-10-16(23-18(22-13)15-8-6-7-9-20-15)21-14-11-17(25)24(12-14)19(2,3)4/h6-10,14H,5,11-12H2,1-4H3,(H,21,22,23). The van der Waals surface area contributed by atoms with Crippen LogP contribution in [0.1, 0.15) is 39.8 Å². The molecule has 25 heavy (non-hydrogen) atoms. The number of carbonyl (C=O) groups excluding carboxylic acids is 1. The lowest BCUT2D eigenvalue weighted by Gasteiger charge is -2.32. The first kappa shape index (κ1) is 17.3. The maximum Gasteiger partial charge on any atom is 0.225 e. The molecule has 0 aliphatic carbocycles. The van der Waals surface area contributed by atoms with Gasteiger partial charge in [-0.25, -0.2) is 9.97 Å². The molecule has 0 bridgehead atoms. The number of hydrogen-bond acceptors (Lipinski definition) is 5. The number of nitrogens with zero attached hydrogens (tertiary/aromatic N) is 4. The number of nitrogens with one attached hydrogen (secondary N) is 1. The lowest BCUT2D eigenvalue weighted by molar-refractivity contribution is -0.131. The molecule has 2 aromatic heterocycles. The summed E-state index contributed by atoms with van der Waals surface area (Å²) in [6.07, 6.45) is 3.04. The number of aryl methyl sites for hydroxylation is 1. The Morgan fingerprint density at radius 3 is 2.68 bits per heavy atom. The molecule has 1 amide bonds. The summed E-state index contributed by atoms with van der Waals surface area (Å²) in [5.74, 6) is 1.54. The van der Waals surface area contributed by atoms with Gasteiger partial charge in [0.2, 0.25) is 5.91 Å². The third kappa shape index (κ3) is 3.95. The highest BCUT2D eigenvalue weighted by Gasteiger charge is 2.36. The monoisotopic (exact) mass is 339 g/mol. The molecule has 0 aromatic carbocycles. The molecule has 1 aliphatic heterocycles. The van der Waals surface area contributed by atoms with Crippen LogP contribution < -0.4 is 5.32 Å². The van der Waals surface area contributed by atoms with E-state index in [0.717, 1.165) is 23.6 Å². The summed E-state index contributed by atoms with van der Waals surface area (Å²) in [5.41, 5.74) is 1.54. The normalized spacial score (nSPS) is 17.8. The number of anilines is 1. The van der Waals surface area contributed by atoms with E-state index in [9.17, 15) is 4.79 Å². The van der Waals surface area contributed by atoms with Gasteiger partial charge in [-0.15, -0.1) is 0 Å². The van der Waals surface area contributed by atoms with Gasteiger partial charge in [-0.1, -0.05) is 13.0 Å². The molecule has 0 radical (unpaired) electrons. The van der Waals surface area contributed by atoms with Gasteiger partial charge in [0.25, 0.3) is 0 Å². The van der Waals surface area contributed by atoms with E-state index in [2.05, 4.69) is 48.0 Å². The molecular formula is C19H25N5O. The van der Waals surface area contributed by atoms with Gasteiger partial charge in [0.1, 0.15) is 11.5 Å². The third-order valence-electron chi connectivity index (χ3n) is 4.32. The van der Waals surface area contributed by atoms with E-state index >= 15 is 0 Å². The van der Waals surface area contributed by atoms with Crippen molar-refractivity contribution in [3.63, 3.8) is 0 Å². The van der Waals surface area contributed by atoms with Crippen molar-refractivity contribution >= 4 is 11.7 Å². The number of carbonyl (C=O) groups is 1. The van der Waals surface area contributed by atoms with E-state index in [0.29, 0.717) is 18.8 Å². The molecule has 0 saturated carbocycles. The topological polar surface area (TPSA) is 71.0 Å². The highest BCUT2D eigenvalue weighted by molar-refractivity contribution is 5.80. The summed E-state index contributed by atoms with van der Waals surface area (Å²) in [6.45, 7) is 8.94. The first-order chi connectivity index (χ1) is 11.9. The van der Waals surface area contributed by atoms with Crippen molar-refractivity contribution in [3.05, 3.63) is 36.2 Å². The maximum absolute atomic E-state index is 12.3. The maximum atomic E-state index is 12.3. The number of rotatable bonds is 4. The lowest BCUT2D eigenvalue weighted by atomic mass is 10.1. The van der Waals surface area contributed by atoms with Crippen LogP contribution in [0.4, 0.5) is 5.82 Å². The second-order valence-corrected chi connectivity index (χ2v) is 7.36. The number of aromatic nitrogens is 3. The molecule has 3 rings (SSSR count). The molecule has 2 aromatic rings. The van der Waals surface area contributed by atoms with Crippen molar-refractivity contribution in [2.45, 2.75) is 52.1 Å². The second kappa shape index (κ2) is 6.78. The van der Waals surface area contributed by atoms with E-state index in [1.165, 1.54) is 0 Å². The molecule has 1 N–H and O–H groups in total. The quantitative estimate of drug-likeness (QED) is 0.927. The fourth-order valence-electron chi connectivity index (χ4n) is 3.02. The van der Waals surface area contributed by atoms with E-state index in [-0.39, 0.29) is 17.5 Å². The molecule has 6 nitrogen and oxygen atoms in total. The SMILES string of the molecule is CCc1cc(NC2CC(=O)N(C(C)(C)C)C2)nc(-c2ccccn2)n1. The van der Waals surface area contributed by atoms with Crippen LogP contribution in [0.25, 0.3) is 11.5 Å². The van der Waals surface area contributed by atoms with Crippen molar-refractivity contribution in [1.29, 1.82) is 0 Å². The first-order valence-corrected chi connectivity index (χ1v) is 8.73. The van der Waals surface area contributed by atoms with Gasteiger partial charge < -0.3 is 10.2 Å². The van der Waals surface area contributed by atoms with Gasteiger partial charge in [-0.2, -0.15) is 0 Å². The Morgan fingerprint density at radius 2 is 2.08 bits per heavy atom. The predicted octanol–water partition coefficient (Wildman–Crippen LogP) is 2.91. The minimum absolute atomic E-state index is 0.0583. The Labute approximate surface area is 148 Å². The van der Waals surface area contributed by atoms with Gasteiger partial charge >= 0.3 is 0 Å². The molecular weight excluding hydrogens is 314 g/mol. The zero-order valence-corrected chi connectivity index (χ0v) is 15.3. The average Bonchev–Trinajstić information content (AvgIpc) is 2.96. The Bertz CT molecular complexity index is 754. The summed E-state index contributed by atoms with van der Waals surface area (Å²) in [7, 11) is 0. The molecule has 0 spiro atoms. The van der Waals surface area contributed by atoms with Gasteiger partial charge in [0, 0.05) is 36.5 Å². The van der Waals surface area contributed by atoms with E-state index < -0.39 is 0 Å². The summed E-state index contributed by atoms with van der Waals surface area (Å²) in [5, 5.41) is 3.42. The van der Waals surface area contributed by atoms with Crippen LogP contribution in [0.2, 0.25) is 0 Å². The fourth-order valence-corrected chi connectivity index (χ4v) is 3.02. The van der Waals surface area contributed by atoms with Crippen LogP contribution in [-0.2, 0) is 11.2 Å². The molecule has 1 aliphatic rings. The predicted molar refractivity (Wildman–Crippen MR) is 98.1 cm³/mol. The minimum Gasteiger partial charge on any atom is -0.365 e. The van der Waals surface area contributed by atoms with Crippen molar-refractivity contribution in [2.24, 2.45) is 0 Å². The van der Waals surface area contributed by atoms with Gasteiger partial charge in [-0.3, -0.25) is 9.78 Å². The van der Waals surface area contributed by atoms with Crippen LogP contribution in [0.3, 0.4) is 0 Å². The zero-order chi connectivity index (χ0) is 18.0. The summed E-state index contributed by atoms with van der Waals surface area (Å²) < 4.78 is 0. The molecule has 1 fully saturated rings. The van der Waals surface area contributed by atoms with Gasteiger partial charge in [0.15, 0.2) is 5.82 Å². The molecule has 3 heterocycles. The average molecular weight is 339 g/mol. The van der Waals surface area contributed by atoms with Crippen molar-refractivity contribution < 1.29 is 4.79 Å². The molecule has 1 unspecified atom stereocenters. The first-order valence-electron chi connectivity index (χ1n) is 8.73. The Kier molecular flexibility index (Phi) is 4.70. The number of pyridine rings is 1. The molecule has 132 valence electrons. The lowest BCUT2D eigenvalue weighted by Crippen LogP contribution is -2.43. The van der Waals surface area contributed by atoms with Crippen molar-refractivity contribution in [1.82, 2.24) is 19.9 Å². The van der Waals surface area contributed by atoms with Crippen LogP contribution in [0.5, 0.6) is 0 Å². The van der Waals surface area contributed by atoms with Crippen LogP contribution >= 0.6 is 0 Å². The highest BCUT2D eigenvalue weighted by Crippen LogP contribution is 2.24. The third-order valence-corrected chi connectivity index (χ3v) is 4.32. The number of amides is 1. The molecule has 6 heteroatoms. The molecule has 1 saturated heterocycles. The Balaban J connectivity index is 1.82. The molecule has 1 atom stereocenters. The minimum atomic E-state index is -0.160. The largest absolute Gasteiger partial charge is 0.365 e. The number of likely N-dealkylation sites (tertiary alicyclic amines) is 1. The van der Waals surface area contributed by atoms with Crippen LogP contribution in [-0.4, -0.2) is 43.9 Å². The van der Waals surface area contributed by atoms with Crippen LogP contribution in [0, 0.1) is 0 Å². The van der Waals surface area contributed by atoms with E-state index in [1.54, 1.807) is 6.20 Å². The van der Waals surface area contributed by atoms with E-state index in [4.69, 9.17) is 0 Å². The smallest absolute Gasteiger partial charge is 0.225 e. The fraction of sp³-hybridized carbons (Fsp3) is 0.474. The zero-order valence-electron chi connectivity index (χ0n) is 15.3.